The number of carbonyl (C=O) groups is 1. The maximum Gasteiger partial charge on any atom is 0.322 e. The Kier molecular flexibility index (Phi) is 3.66. The molecule has 1 aromatic rings. The lowest BCUT2D eigenvalue weighted by molar-refractivity contribution is -0.385. The molecule has 120 valence electrons. The summed E-state index contributed by atoms with van der Waals surface area (Å²) in [5, 5.41) is 18.2. The zero-order valence-electron chi connectivity index (χ0n) is 13.2. The summed E-state index contributed by atoms with van der Waals surface area (Å²) in [6.07, 6.45) is 5.00. The summed E-state index contributed by atoms with van der Waals surface area (Å²) < 4.78 is 1.30. The third-order valence-corrected chi connectivity index (χ3v) is 5.38. The molecule has 2 aliphatic rings. The molecule has 0 saturated heterocycles. The monoisotopic (exact) mass is 306 g/mol. The molecule has 1 heterocycles. The van der Waals surface area contributed by atoms with Gasteiger partial charge in [-0.15, -0.1) is 0 Å². The lowest BCUT2D eigenvalue weighted by atomic mass is 9.84. The Bertz CT molecular complexity index is 625. The van der Waals surface area contributed by atoms with Gasteiger partial charge in [0.05, 0.1) is 4.92 Å². The maximum absolute atomic E-state index is 12.5. The topological polar surface area (TPSA) is 90.1 Å². The van der Waals surface area contributed by atoms with Gasteiger partial charge in [-0.05, 0) is 50.9 Å². The molecular weight excluding hydrogens is 284 g/mol. The van der Waals surface area contributed by atoms with Crippen molar-refractivity contribution in [3.63, 3.8) is 0 Å². The van der Waals surface area contributed by atoms with E-state index in [9.17, 15) is 14.9 Å². The molecule has 0 radical (unpaired) electrons. The molecule has 2 fully saturated rings. The average Bonchev–Trinajstić information content (AvgIpc) is 3.11. The second-order valence-corrected chi connectivity index (χ2v) is 6.76. The van der Waals surface area contributed by atoms with E-state index in [1.807, 2.05) is 6.92 Å². The van der Waals surface area contributed by atoms with Crippen molar-refractivity contribution in [2.45, 2.75) is 45.6 Å². The SMILES string of the molecule is Cc1nn(C)c(C(=O)N[C@@H](C)[C@H]2C[C@@H]3CC[C@@H]2C3)c1[N+](=O)[O-]. The van der Waals surface area contributed by atoms with E-state index < -0.39 is 10.8 Å². The number of carbonyl (C=O) groups excluding carboxylic acids is 1. The van der Waals surface area contributed by atoms with Crippen molar-refractivity contribution in [2.24, 2.45) is 24.8 Å². The highest BCUT2D eigenvalue weighted by Crippen LogP contribution is 2.49. The lowest BCUT2D eigenvalue weighted by Gasteiger charge is -2.28. The van der Waals surface area contributed by atoms with Crippen molar-refractivity contribution in [1.82, 2.24) is 15.1 Å². The number of aromatic nitrogens is 2. The van der Waals surface area contributed by atoms with E-state index in [0.29, 0.717) is 11.8 Å². The van der Waals surface area contributed by atoms with Gasteiger partial charge in [-0.1, -0.05) is 6.42 Å². The molecule has 1 amide bonds. The number of amides is 1. The molecule has 7 nitrogen and oxygen atoms in total. The van der Waals surface area contributed by atoms with Crippen molar-refractivity contribution < 1.29 is 9.72 Å². The molecule has 2 aliphatic carbocycles. The van der Waals surface area contributed by atoms with Crippen molar-refractivity contribution in [3.8, 4) is 0 Å². The van der Waals surface area contributed by atoms with E-state index in [-0.39, 0.29) is 23.1 Å². The predicted molar refractivity (Wildman–Crippen MR) is 80.5 cm³/mol. The van der Waals surface area contributed by atoms with Crippen LogP contribution in [0.3, 0.4) is 0 Å². The summed E-state index contributed by atoms with van der Waals surface area (Å²) in [5.41, 5.74) is 0.114. The van der Waals surface area contributed by atoms with Gasteiger partial charge in [-0.3, -0.25) is 19.6 Å². The van der Waals surface area contributed by atoms with Crippen LogP contribution < -0.4 is 5.32 Å². The minimum Gasteiger partial charge on any atom is -0.348 e. The standard InChI is InChI=1S/C15H22N4O3/c1-8(12-7-10-4-5-11(12)6-10)16-15(20)14-13(19(21)22)9(2)17-18(14)3/h8,10-12H,4-7H2,1-3H3,(H,16,20)/t8-,10+,11+,12+/m0/s1. The summed E-state index contributed by atoms with van der Waals surface area (Å²) >= 11 is 0. The van der Waals surface area contributed by atoms with Gasteiger partial charge in [0.25, 0.3) is 5.91 Å². The van der Waals surface area contributed by atoms with Crippen LogP contribution in [0, 0.1) is 34.8 Å². The Labute approximate surface area is 129 Å². The Morgan fingerprint density at radius 1 is 1.45 bits per heavy atom. The largest absolute Gasteiger partial charge is 0.348 e. The first kappa shape index (κ1) is 15.0. The van der Waals surface area contributed by atoms with Crippen LogP contribution in [0.2, 0.25) is 0 Å². The van der Waals surface area contributed by atoms with E-state index >= 15 is 0 Å². The number of hydrogen-bond donors (Lipinski definition) is 1. The van der Waals surface area contributed by atoms with Crippen LogP contribution in [-0.4, -0.2) is 26.7 Å². The number of nitro groups is 1. The fraction of sp³-hybridized carbons (Fsp3) is 0.733. The van der Waals surface area contributed by atoms with Crippen molar-refractivity contribution in [1.29, 1.82) is 0 Å². The molecule has 4 atom stereocenters. The second-order valence-electron chi connectivity index (χ2n) is 6.76. The molecule has 7 heteroatoms. The first-order valence-corrected chi connectivity index (χ1v) is 7.87. The fourth-order valence-corrected chi connectivity index (χ4v) is 4.41. The van der Waals surface area contributed by atoms with E-state index in [1.165, 1.54) is 30.4 Å². The number of aryl methyl sites for hydroxylation is 2. The van der Waals surface area contributed by atoms with Crippen LogP contribution in [0.5, 0.6) is 0 Å². The molecule has 3 rings (SSSR count). The van der Waals surface area contributed by atoms with Crippen LogP contribution in [0.1, 0.15) is 48.8 Å². The van der Waals surface area contributed by atoms with Crippen molar-refractivity contribution in [2.75, 3.05) is 0 Å². The number of nitrogens with zero attached hydrogens (tertiary/aromatic N) is 3. The smallest absolute Gasteiger partial charge is 0.322 e. The second kappa shape index (κ2) is 5.37. The van der Waals surface area contributed by atoms with Gasteiger partial charge in [0.1, 0.15) is 5.69 Å². The van der Waals surface area contributed by atoms with E-state index in [1.54, 1.807) is 14.0 Å². The number of nitrogens with one attached hydrogen (secondary N) is 1. The summed E-state index contributed by atoms with van der Waals surface area (Å²) in [6.45, 7) is 3.56. The molecule has 0 spiro atoms. The van der Waals surface area contributed by atoms with Crippen LogP contribution >= 0.6 is 0 Å². The molecular formula is C15H22N4O3. The van der Waals surface area contributed by atoms with Gasteiger partial charge in [0.15, 0.2) is 0 Å². The Morgan fingerprint density at radius 3 is 2.73 bits per heavy atom. The van der Waals surface area contributed by atoms with Crippen LogP contribution in [-0.2, 0) is 7.05 Å². The Morgan fingerprint density at radius 2 is 2.18 bits per heavy atom. The maximum atomic E-state index is 12.5. The number of fused-ring (bicyclic) bond motifs is 2. The van der Waals surface area contributed by atoms with Gasteiger partial charge >= 0.3 is 5.69 Å². The molecule has 1 N–H and O–H groups in total. The Balaban J connectivity index is 1.76. The molecule has 0 aromatic carbocycles. The van der Waals surface area contributed by atoms with Gasteiger partial charge in [0, 0.05) is 13.1 Å². The molecule has 22 heavy (non-hydrogen) atoms. The Hall–Kier alpha value is -1.92. The summed E-state index contributed by atoms with van der Waals surface area (Å²) in [5.74, 6) is 1.60. The van der Waals surface area contributed by atoms with Crippen LogP contribution in [0.25, 0.3) is 0 Å². The van der Waals surface area contributed by atoms with Gasteiger partial charge in [0.2, 0.25) is 5.69 Å². The fourth-order valence-electron chi connectivity index (χ4n) is 4.41. The molecule has 0 aliphatic heterocycles. The van der Waals surface area contributed by atoms with Gasteiger partial charge in [-0.2, -0.15) is 5.10 Å². The van der Waals surface area contributed by atoms with E-state index in [0.717, 1.165) is 5.92 Å². The zero-order valence-corrected chi connectivity index (χ0v) is 13.2. The first-order chi connectivity index (χ1) is 10.4. The van der Waals surface area contributed by atoms with Gasteiger partial charge in [-0.25, -0.2) is 0 Å². The molecule has 2 bridgehead atoms. The number of rotatable bonds is 4. The summed E-state index contributed by atoms with van der Waals surface area (Å²) in [6, 6.07) is 0.0395. The molecule has 2 saturated carbocycles. The minimum absolute atomic E-state index is 0.0394. The average molecular weight is 306 g/mol. The molecule has 1 aromatic heterocycles. The van der Waals surface area contributed by atoms with Crippen molar-refractivity contribution in [3.05, 3.63) is 21.5 Å². The highest BCUT2D eigenvalue weighted by molar-refractivity contribution is 5.97. The normalized spacial score (nSPS) is 27.9. The molecule has 0 unspecified atom stereocenters. The van der Waals surface area contributed by atoms with E-state index in [2.05, 4.69) is 10.4 Å². The van der Waals surface area contributed by atoms with Crippen molar-refractivity contribution >= 4 is 11.6 Å². The van der Waals surface area contributed by atoms with Gasteiger partial charge < -0.3 is 5.32 Å². The van der Waals surface area contributed by atoms with E-state index in [4.69, 9.17) is 0 Å². The third-order valence-electron chi connectivity index (χ3n) is 5.38. The number of hydrogen-bond acceptors (Lipinski definition) is 4. The summed E-state index contributed by atoms with van der Waals surface area (Å²) in [7, 11) is 1.57. The highest BCUT2D eigenvalue weighted by atomic mass is 16.6. The van der Waals surface area contributed by atoms with Crippen LogP contribution in [0.15, 0.2) is 0 Å². The quantitative estimate of drug-likeness (QED) is 0.682. The van der Waals surface area contributed by atoms with Crippen LogP contribution in [0.4, 0.5) is 5.69 Å². The zero-order chi connectivity index (χ0) is 16.0. The summed E-state index contributed by atoms with van der Waals surface area (Å²) in [4.78, 5) is 23.2. The highest BCUT2D eigenvalue weighted by Gasteiger charge is 2.42. The lowest BCUT2D eigenvalue weighted by Crippen LogP contribution is -2.41. The minimum atomic E-state index is -0.528. The first-order valence-electron chi connectivity index (χ1n) is 7.87. The third kappa shape index (κ3) is 2.38. The predicted octanol–water partition coefficient (Wildman–Crippen LogP) is 2.19.